The fraction of sp³-hybridized carbons (Fsp3) is 0.385. The Balaban J connectivity index is 1.76. The van der Waals surface area contributed by atoms with Crippen LogP contribution >= 0.6 is 0 Å². The van der Waals surface area contributed by atoms with E-state index >= 15 is 0 Å². The summed E-state index contributed by atoms with van der Waals surface area (Å²) >= 11 is 0. The van der Waals surface area contributed by atoms with Crippen molar-refractivity contribution >= 4 is 15.7 Å². The first-order chi connectivity index (χ1) is 9.96. The van der Waals surface area contributed by atoms with Gasteiger partial charge >= 0.3 is 0 Å². The molecule has 0 saturated carbocycles. The van der Waals surface area contributed by atoms with Gasteiger partial charge in [0.25, 0.3) is 5.91 Å². The van der Waals surface area contributed by atoms with Crippen LogP contribution in [0.2, 0.25) is 0 Å². The fourth-order valence-electron chi connectivity index (χ4n) is 2.42. The average Bonchev–Trinajstić information content (AvgIpc) is 3.16. The molecule has 2 aromatic heterocycles. The number of nitrogens with zero attached hydrogens (tertiary/aromatic N) is 2. The molecule has 8 heteroatoms. The van der Waals surface area contributed by atoms with Crippen molar-refractivity contribution in [2.45, 2.75) is 12.5 Å². The van der Waals surface area contributed by atoms with Crippen LogP contribution in [0.25, 0.3) is 11.5 Å². The largest absolute Gasteiger partial charge is 0.463 e. The summed E-state index contributed by atoms with van der Waals surface area (Å²) in [6, 6.07) is 4.81. The van der Waals surface area contributed by atoms with Crippen molar-refractivity contribution < 1.29 is 17.6 Å². The average molecular weight is 309 g/mol. The van der Waals surface area contributed by atoms with Crippen molar-refractivity contribution in [1.82, 2.24) is 15.1 Å². The van der Waals surface area contributed by atoms with Gasteiger partial charge in [0.05, 0.1) is 17.8 Å². The zero-order valence-corrected chi connectivity index (χ0v) is 12.3. The lowest BCUT2D eigenvalue weighted by atomic mass is 10.2. The highest BCUT2D eigenvalue weighted by molar-refractivity contribution is 7.91. The van der Waals surface area contributed by atoms with E-state index in [0.29, 0.717) is 17.9 Å². The van der Waals surface area contributed by atoms with Gasteiger partial charge in [-0.25, -0.2) is 8.42 Å². The Hall–Kier alpha value is -2.09. The van der Waals surface area contributed by atoms with Crippen molar-refractivity contribution in [1.29, 1.82) is 0 Å². The zero-order chi connectivity index (χ0) is 15.0. The summed E-state index contributed by atoms with van der Waals surface area (Å²) in [6.45, 7) is 0. The van der Waals surface area contributed by atoms with Crippen LogP contribution in [0.3, 0.4) is 0 Å². The number of H-pyrrole nitrogens is 1. The third-order valence-electron chi connectivity index (χ3n) is 3.66. The van der Waals surface area contributed by atoms with Gasteiger partial charge in [-0.2, -0.15) is 5.10 Å². The van der Waals surface area contributed by atoms with Gasteiger partial charge in [-0.3, -0.25) is 9.89 Å². The predicted octanol–water partition coefficient (Wildman–Crippen LogP) is 0.929. The summed E-state index contributed by atoms with van der Waals surface area (Å²) in [5, 5.41) is 6.72. The molecule has 0 radical (unpaired) electrons. The molecule has 1 fully saturated rings. The van der Waals surface area contributed by atoms with E-state index in [1.807, 2.05) is 0 Å². The van der Waals surface area contributed by atoms with Gasteiger partial charge in [-0.05, 0) is 18.6 Å². The second-order valence-electron chi connectivity index (χ2n) is 5.12. The monoisotopic (exact) mass is 309 g/mol. The molecule has 1 N–H and O–H groups in total. The summed E-state index contributed by atoms with van der Waals surface area (Å²) in [4.78, 5) is 13.8. The van der Waals surface area contributed by atoms with E-state index in [1.54, 1.807) is 25.2 Å². The maximum atomic E-state index is 12.3. The lowest BCUT2D eigenvalue weighted by molar-refractivity contribution is 0.0741. The Labute approximate surface area is 121 Å². The number of hydrogen-bond donors (Lipinski definition) is 1. The van der Waals surface area contributed by atoms with E-state index < -0.39 is 9.84 Å². The van der Waals surface area contributed by atoms with Gasteiger partial charge in [-0.15, -0.1) is 0 Å². The van der Waals surface area contributed by atoms with E-state index in [1.165, 1.54) is 11.2 Å². The van der Waals surface area contributed by atoms with Crippen LogP contribution in [-0.4, -0.2) is 54.0 Å². The van der Waals surface area contributed by atoms with Crippen LogP contribution in [0.4, 0.5) is 0 Å². The number of aromatic nitrogens is 2. The van der Waals surface area contributed by atoms with Crippen LogP contribution in [0, 0.1) is 0 Å². The van der Waals surface area contributed by atoms with E-state index in [9.17, 15) is 13.2 Å². The Morgan fingerprint density at radius 1 is 1.52 bits per heavy atom. The lowest BCUT2D eigenvalue weighted by Crippen LogP contribution is -2.38. The van der Waals surface area contributed by atoms with Crippen molar-refractivity contribution in [3.8, 4) is 11.5 Å². The molecule has 112 valence electrons. The van der Waals surface area contributed by atoms with Crippen LogP contribution in [0.5, 0.6) is 0 Å². The lowest BCUT2D eigenvalue weighted by Gasteiger charge is -2.22. The minimum Gasteiger partial charge on any atom is -0.463 e. The SMILES string of the molecule is CN(C(=O)c1cc(-c2ccco2)[nH]n1)[C@@H]1CCS(=O)(=O)C1. The van der Waals surface area contributed by atoms with E-state index in [2.05, 4.69) is 10.2 Å². The fourth-order valence-corrected chi connectivity index (χ4v) is 4.19. The highest BCUT2D eigenvalue weighted by atomic mass is 32.2. The predicted molar refractivity (Wildman–Crippen MR) is 75.4 cm³/mol. The van der Waals surface area contributed by atoms with Crippen LogP contribution < -0.4 is 0 Å². The highest BCUT2D eigenvalue weighted by Crippen LogP contribution is 2.21. The van der Waals surface area contributed by atoms with Crippen LogP contribution in [0.15, 0.2) is 28.9 Å². The van der Waals surface area contributed by atoms with Gasteiger partial charge in [0.1, 0.15) is 5.69 Å². The summed E-state index contributed by atoms with van der Waals surface area (Å²) < 4.78 is 28.2. The van der Waals surface area contributed by atoms with Crippen molar-refractivity contribution in [3.05, 3.63) is 30.2 Å². The second kappa shape index (κ2) is 5.03. The number of amides is 1. The quantitative estimate of drug-likeness (QED) is 0.909. The number of furan rings is 1. The number of rotatable bonds is 3. The summed E-state index contributed by atoms with van der Waals surface area (Å²) in [5.41, 5.74) is 0.851. The molecule has 0 aromatic carbocycles. The first-order valence-corrected chi connectivity index (χ1v) is 8.35. The number of aromatic amines is 1. The molecule has 0 bridgehead atoms. The molecule has 1 atom stereocenters. The topological polar surface area (TPSA) is 96.3 Å². The summed E-state index contributed by atoms with van der Waals surface area (Å²) in [7, 11) is -1.42. The van der Waals surface area contributed by atoms with Gasteiger partial charge in [0.15, 0.2) is 21.3 Å². The van der Waals surface area contributed by atoms with Crippen molar-refractivity contribution in [3.63, 3.8) is 0 Å². The van der Waals surface area contributed by atoms with Crippen LogP contribution in [-0.2, 0) is 9.84 Å². The molecule has 1 saturated heterocycles. The molecule has 2 aromatic rings. The molecule has 0 unspecified atom stereocenters. The molecule has 0 aliphatic carbocycles. The summed E-state index contributed by atoms with van der Waals surface area (Å²) in [6.07, 6.45) is 2.01. The van der Waals surface area contributed by atoms with Gasteiger partial charge < -0.3 is 9.32 Å². The Bertz CT molecular complexity index is 748. The highest BCUT2D eigenvalue weighted by Gasteiger charge is 2.33. The number of sulfone groups is 1. The number of carbonyl (C=O) groups excluding carboxylic acids is 1. The number of nitrogens with one attached hydrogen (secondary N) is 1. The third-order valence-corrected chi connectivity index (χ3v) is 5.41. The van der Waals surface area contributed by atoms with Gasteiger partial charge in [0.2, 0.25) is 0 Å². The second-order valence-corrected chi connectivity index (χ2v) is 7.35. The molecule has 7 nitrogen and oxygen atoms in total. The number of hydrogen-bond acceptors (Lipinski definition) is 5. The Kier molecular flexibility index (Phi) is 3.32. The van der Waals surface area contributed by atoms with Gasteiger partial charge in [0, 0.05) is 19.2 Å². The molecule has 0 spiro atoms. The Morgan fingerprint density at radius 3 is 2.95 bits per heavy atom. The van der Waals surface area contributed by atoms with Gasteiger partial charge in [-0.1, -0.05) is 0 Å². The van der Waals surface area contributed by atoms with Crippen molar-refractivity contribution in [2.75, 3.05) is 18.6 Å². The maximum absolute atomic E-state index is 12.3. The number of carbonyl (C=O) groups is 1. The molecule has 21 heavy (non-hydrogen) atoms. The molecular weight excluding hydrogens is 294 g/mol. The smallest absolute Gasteiger partial charge is 0.274 e. The van der Waals surface area contributed by atoms with Crippen molar-refractivity contribution in [2.24, 2.45) is 0 Å². The first kappa shape index (κ1) is 13.9. The van der Waals surface area contributed by atoms with E-state index in [-0.39, 0.29) is 29.1 Å². The minimum absolute atomic E-state index is 0.0186. The molecule has 1 aliphatic heterocycles. The standard InChI is InChI=1S/C13H15N3O4S/c1-16(9-4-6-21(18,19)8-9)13(17)11-7-10(14-15-11)12-3-2-5-20-12/h2-3,5,7,9H,4,6,8H2,1H3,(H,14,15)/t9-/m1/s1. The summed E-state index contributed by atoms with van der Waals surface area (Å²) in [5.74, 6) is 0.442. The van der Waals surface area contributed by atoms with Crippen LogP contribution in [0.1, 0.15) is 16.9 Å². The Morgan fingerprint density at radius 2 is 2.33 bits per heavy atom. The zero-order valence-electron chi connectivity index (χ0n) is 11.4. The first-order valence-electron chi connectivity index (χ1n) is 6.53. The molecule has 3 rings (SSSR count). The van der Waals surface area contributed by atoms with E-state index in [4.69, 9.17) is 4.42 Å². The maximum Gasteiger partial charge on any atom is 0.274 e. The minimum atomic E-state index is -3.02. The third kappa shape index (κ3) is 2.71. The van der Waals surface area contributed by atoms with E-state index in [0.717, 1.165) is 0 Å². The molecular formula is C13H15N3O4S. The normalized spacial score (nSPS) is 20.5. The molecule has 1 amide bonds. The molecule has 1 aliphatic rings. The molecule has 3 heterocycles.